The lowest BCUT2D eigenvalue weighted by molar-refractivity contribution is -0.122. The van der Waals surface area contributed by atoms with Crippen molar-refractivity contribution in [2.24, 2.45) is 0 Å². The van der Waals surface area contributed by atoms with Crippen LogP contribution in [0.5, 0.6) is 5.75 Å². The molecule has 3 aromatic rings. The molecule has 178 valence electrons. The van der Waals surface area contributed by atoms with Gasteiger partial charge in [-0.05, 0) is 47.9 Å². The van der Waals surface area contributed by atoms with Crippen LogP contribution in [0.3, 0.4) is 0 Å². The highest BCUT2D eigenvalue weighted by atomic mass is 35.5. The molecule has 1 fully saturated rings. The van der Waals surface area contributed by atoms with Crippen LogP contribution in [0.2, 0.25) is 10.0 Å². The lowest BCUT2D eigenvalue weighted by atomic mass is 10.1. The first-order valence-electron chi connectivity index (χ1n) is 10.7. The summed E-state index contributed by atoms with van der Waals surface area (Å²) in [5, 5.41) is 3.29. The summed E-state index contributed by atoms with van der Waals surface area (Å²) in [4.78, 5) is 27.4. The molecule has 5 nitrogen and oxygen atoms in total. The Labute approximate surface area is 223 Å². The summed E-state index contributed by atoms with van der Waals surface area (Å²) in [6.07, 6.45) is 2.51. The molecule has 1 aliphatic heterocycles. The van der Waals surface area contributed by atoms with Crippen molar-refractivity contribution in [3.63, 3.8) is 0 Å². The second-order valence-corrected chi connectivity index (χ2v) is 10.0. The van der Waals surface area contributed by atoms with Crippen molar-refractivity contribution >= 4 is 75.1 Å². The van der Waals surface area contributed by atoms with Gasteiger partial charge < -0.3 is 10.1 Å². The summed E-state index contributed by atoms with van der Waals surface area (Å²) in [5.74, 6) is 0.00420. The number of hydrogen-bond donors (Lipinski definition) is 1. The number of carbonyl (C=O) groups is 2. The van der Waals surface area contributed by atoms with Gasteiger partial charge in [-0.15, -0.1) is 0 Å². The first-order chi connectivity index (χ1) is 16.9. The quantitative estimate of drug-likeness (QED) is 0.261. The van der Waals surface area contributed by atoms with Gasteiger partial charge in [0, 0.05) is 6.54 Å². The van der Waals surface area contributed by atoms with Crippen LogP contribution < -0.4 is 10.1 Å². The molecule has 3 aromatic carbocycles. The Morgan fingerprint density at radius 1 is 1.06 bits per heavy atom. The van der Waals surface area contributed by atoms with E-state index >= 15 is 0 Å². The van der Waals surface area contributed by atoms with Crippen LogP contribution in [0.25, 0.3) is 6.08 Å². The molecule has 0 unspecified atom stereocenters. The minimum absolute atomic E-state index is 0.111. The van der Waals surface area contributed by atoms with E-state index in [1.54, 1.807) is 47.4 Å². The Morgan fingerprint density at radius 2 is 1.83 bits per heavy atom. The normalized spacial score (nSPS) is 14.5. The van der Waals surface area contributed by atoms with Crippen molar-refractivity contribution in [3.8, 4) is 5.75 Å². The van der Waals surface area contributed by atoms with Crippen molar-refractivity contribution in [2.45, 2.75) is 6.42 Å². The van der Waals surface area contributed by atoms with Crippen LogP contribution >= 0.6 is 47.2 Å². The van der Waals surface area contributed by atoms with Gasteiger partial charge in [-0.2, -0.15) is 0 Å². The number of nitrogens with one attached hydrogen (secondary N) is 1. The van der Waals surface area contributed by atoms with E-state index in [0.29, 0.717) is 32.2 Å². The molecule has 0 spiro atoms. The standard InChI is InChI=1S/C26H20Cl2N2O3S2/c27-20-10-5-11-21(24(20)28)29-23(31)16-33-19-9-4-8-18(14-19)15-22-25(32)30(26(34)35-22)13-12-17-6-2-1-3-7-17/h1-11,14-15H,12-13,16H2,(H,29,31)/b22-15-. The fourth-order valence-electron chi connectivity index (χ4n) is 3.36. The Bertz CT molecular complexity index is 1300. The lowest BCUT2D eigenvalue weighted by Crippen LogP contribution is -2.30. The number of anilines is 1. The van der Waals surface area contributed by atoms with Crippen LogP contribution in [0.15, 0.2) is 77.7 Å². The van der Waals surface area contributed by atoms with Gasteiger partial charge in [0.05, 0.1) is 20.6 Å². The van der Waals surface area contributed by atoms with Gasteiger partial charge in [0.25, 0.3) is 11.8 Å². The summed E-state index contributed by atoms with van der Waals surface area (Å²) in [6.45, 7) is 0.314. The number of thioether (sulfide) groups is 1. The lowest BCUT2D eigenvalue weighted by Gasteiger charge is -2.14. The monoisotopic (exact) mass is 542 g/mol. The van der Waals surface area contributed by atoms with Gasteiger partial charge >= 0.3 is 0 Å². The number of halogens is 2. The van der Waals surface area contributed by atoms with Gasteiger partial charge in [-0.3, -0.25) is 14.5 Å². The molecule has 1 N–H and O–H groups in total. The number of ether oxygens (including phenoxy) is 1. The molecule has 0 saturated carbocycles. The summed E-state index contributed by atoms with van der Waals surface area (Å²) in [7, 11) is 0. The number of nitrogens with zero attached hydrogens (tertiary/aromatic N) is 1. The molecule has 1 saturated heterocycles. The molecule has 0 aromatic heterocycles. The second-order valence-electron chi connectivity index (χ2n) is 7.58. The predicted molar refractivity (Wildman–Crippen MR) is 147 cm³/mol. The summed E-state index contributed by atoms with van der Waals surface area (Å²) >= 11 is 18.8. The van der Waals surface area contributed by atoms with Gasteiger partial charge in [0.2, 0.25) is 0 Å². The van der Waals surface area contributed by atoms with Crippen molar-refractivity contribution < 1.29 is 14.3 Å². The highest BCUT2D eigenvalue weighted by molar-refractivity contribution is 8.26. The largest absolute Gasteiger partial charge is 0.484 e. The van der Waals surface area contributed by atoms with E-state index in [4.69, 9.17) is 40.2 Å². The van der Waals surface area contributed by atoms with Gasteiger partial charge in [0.1, 0.15) is 10.1 Å². The second kappa shape index (κ2) is 11.7. The highest BCUT2D eigenvalue weighted by Crippen LogP contribution is 2.33. The van der Waals surface area contributed by atoms with Crippen molar-refractivity contribution in [3.05, 3.63) is 98.9 Å². The van der Waals surface area contributed by atoms with E-state index < -0.39 is 0 Å². The summed E-state index contributed by atoms with van der Waals surface area (Å²) in [5.41, 5.74) is 2.33. The van der Waals surface area contributed by atoms with E-state index in [2.05, 4.69) is 5.32 Å². The maximum Gasteiger partial charge on any atom is 0.266 e. The number of rotatable bonds is 8. The van der Waals surface area contributed by atoms with Crippen molar-refractivity contribution in [1.29, 1.82) is 0 Å². The first kappa shape index (κ1) is 25.3. The Kier molecular flexibility index (Phi) is 8.46. The number of thiocarbonyl (C=S) groups is 1. The number of carbonyl (C=O) groups excluding carboxylic acids is 2. The number of amides is 2. The van der Waals surface area contributed by atoms with Crippen molar-refractivity contribution in [1.82, 2.24) is 4.90 Å². The third kappa shape index (κ3) is 6.64. The fourth-order valence-corrected chi connectivity index (χ4v) is 5.02. The van der Waals surface area contributed by atoms with Crippen LogP contribution in [-0.2, 0) is 16.0 Å². The van der Waals surface area contributed by atoms with Gasteiger partial charge in [-0.1, -0.05) is 95.7 Å². The Morgan fingerprint density at radius 3 is 2.63 bits per heavy atom. The molecule has 0 atom stereocenters. The molecule has 1 aliphatic rings. The third-order valence-corrected chi connectivity index (χ3v) is 7.29. The minimum Gasteiger partial charge on any atom is -0.484 e. The zero-order chi connectivity index (χ0) is 24.8. The maximum atomic E-state index is 12.9. The molecule has 2 amide bonds. The van der Waals surface area contributed by atoms with Crippen LogP contribution in [-0.4, -0.2) is 34.2 Å². The zero-order valence-corrected chi connectivity index (χ0v) is 21.5. The molecule has 0 aliphatic carbocycles. The van der Waals surface area contributed by atoms with Crippen LogP contribution in [0.4, 0.5) is 5.69 Å². The average Bonchev–Trinajstić information content (AvgIpc) is 3.12. The zero-order valence-electron chi connectivity index (χ0n) is 18.4. The SMILES string of the molecule is O=C(COc1cccc(/C=C2\SC(=S)N(CCc3ccccc3)C2=O)c1)Nc1cccc(Cl)c1Cl. The highest BCUT2D eigenvalue weighted by Gasteiger charge is 2.31. The van der Waals surface area contributed by atoms with E-state index in [-0.39, 0.29) is 23.4 Å². The maximum absolute atomic E-state index is 12.9. The van der Waals surface area contributed by atoms with Crippen molar-refractivity contribution in [2.75, 3.05) is 18.5 Å². The van der Waals surface area contributed by atoms with E-state index in [1.807, 2.05) is 36.4 Å². The number of benzene rings is 3. The molecular formula is C26H20Cl2N2O3S2. The van der Waals surface area contributed by atoms with E-state index in [9.17, 15) is 9.59 Å². The van der Waals surface area contributed by atoms with Crippen LogP contribution in [0, 0.1) is 0 Å². The molecule has 9 heteroatoms. The average molecular weight is 543 g/mol. The topological polar surface area (TPSA) is 58.6 Å². The van der Waals surface area contributed by atoms with Gasteiger partial charge in [-0.25, -0.2) is 0 Å². The molecule has 1 heterocycles. The molecule has 35 heavy (non-hydrogen) atoms. The molecule has 0 bridgehead atoms. The molecule has 0 radical (unpaired) electrons. The van der Waals surface area contributed by atoms with Crippen LogP contribution in [0.1, 0.15) is 11.1 Å². The van der Waals surface area contributed by atoms with E-state index in [0.717, 1.165) is 17.5 Å². The third-order valence-electron chi connectivity index (χ3n) is 5.09. The smallest absolute Gasteiger partial charge is 0.266 e. The van der Waals surface area contributed by atoms with Gasteiger partial charge in [0.15, 0.2) is 6.61 Å². The first-order valence-corrected chi connectivity index (χ1v) is 12.6. The molecule has 4 rings (SSSR count). The fraction of sp³-hybridized carbons (Fsp3) is 0.115. The van der Waals surface area contributed by atoms with E-state index in [1.165, 1.54) is 11.8 Å². The summed E-state index contributed by atoms with van der Waals surface area (Å²) < 4.78 is 6.17. The Hall–Kier alpha value is -2.84. The number of hydrogen-bond acceptors (Lipinski definition) is 5. The Balaban J connectivity index is 1.36. The predicted octanol–water partition coefficient (Wildman–Crippen LogP) is 6.45. The summed E-state index contributed by atoms with van der Waals surface area (Å²) in [6, 6.07) is 22.1. The minimum atomic E-state index is -0.376. The molecular weight excluding hydrogens is 523 g/mol.